The van der Waals surface area contributed by atoms with Crippen LogP contribution in [0.25, 0.3) is 0 Å². The van der Waals surface area contributed by atoms with E-state index in [0.29, 0.717) is 0 Å². The van der Waals surface area contributed by atoms with Crippen molar-refractivity contribution >= 4 is 26.7 Å². The van der Waals surface area contributed by atoms with Crippen molar-refractivity contribution in [1.29, 1.82) is 0 Å². The Kier molecular flexibility index (Phi) is 18.5. The van der Waals surface area contributed by atoms with Gasteiger partial charge in [-0.05, 0) is 0 Å². The fourth-order valence-corrected chi connectivity index (χ4v) is 25.8. The summed E-state index contributed by atoms with van der Waals surface area (Å²) in [7, 11) is -1.60. The molecule has 0 heterocycles. The first-order valence-electron chi connectivity index (χ1n) is 13.4. The molecule has 0 aromatic carbocycles. The topological polar surface area (TPSA) is 9.23 Å². The van der Waals surface area contributed by atoms with Gasteiger partial charge in [0.25, 0.3) is 0 Å². The molecular formula is C26H56OSiSn. The second kappa shape index (κ2) is 18.2. The third-order valence-corrected chi connectivity index (χ3v) is 27.4. The quantitative estimate of drug-likeness (QED) is 0.0863. The number of rotatable bonds is 20. The first kappa shape index (κ1) is 29.6. The van der Waals surface area contributed by atoms with Gasteiger partial charge in [0.1, 0.15) is 0 Å². The van der Waals surface area contributed by atoms with Gasteiger partial charge in [-0.25, -0.2) is 0 Å². The zero-order valence-corrected chi connectivity index (χ0v) is 25.4. The molecule has 174 valence electrons. The van der Waals surface area contributed by atoms with Crippen LogP contribution in [0.2, 0.25) is 31.4 Å². The molecule has 0 spiro atoms. The molecule has 0 fully saturated rings. The first-order chi connectivity index (χ1) is 14.0. The molecule has 0 radical (unpaired) electrons. The molecule has 0 saturated heterocycles. The van der Waals surface area contributed by atoms with Gasteiger partial charge in [0.2, 0.25) is 0 Å². The summed E-state index contributed by atoms with van der Waals surface area (Å²) in [6.45, 7) is 16.7. The van der Waals surface area contributed by atoms with Crippen LogP contribution < -0.4 is 0 Å². The average Bonchev–Trinajstić information content (AvgIpc) is 2.76. The van der Waals surface area contributed by atoms with E-state index in [-0.39, 0.29) is 0 Å². The molecule has 0 bridgehead atoms. The van der Waals surface area contributed by atoms with Gasteiger partial charge in [-0.1, -0.05) is 0 Å². The summed E-state index contributed by atoms with van der Waals surface area (Å²) in [6.07, 6.45) is 17.7. The summed E-state index contributed by atoms with van der Waals surface area (Å²) in [5.74, 6) is 0. The van der Waals surface area contributed by atoms with Gasteiger partial charge >= 0.3 is 192 Å². The van der Waals surface area contributed by atoms with Crippen LogP contribution in [0.3, 0.4) is 0 Å². The van der Waals surface area contributed by atoms with Crippen molar-refractivity contribution in [3.8, 4) is 0 Å². The zero-order valence-electron chi connectivity index (χ0n) is 21.5. The van der Waals surface area contributed by atoms with E-state index in [1.807, 2.05) is 0 Å². The normalized spacial score (nSPS) is 13.1. The van der Waals surface area contributed by atoms with Crippen LogP contribution in [0.1, 0.15) is 119 Å². The van der Waals surface area contributed by atoms with Crippen LogP contribution in [-0.4, -0.2) is 26.7 Å². The fraction of sp³-hybridized carbons (Fsp3) is 0.923. The number of hydrogen-bond donors (Lipinski definition) is 0. The maximum absolute atomic E-state index is 7.34. The Labute approximate surface area is 190 Å². The van der Waals surface area contributed by atoms with Gasteiger partial charge in [0.05, 0.1) is 0 Å². The molecule has 0 aliphatic carbocycles. The molecular weight excluding hydrogens is 475 g/mol. The van der Waals surface area contributed by atoms with Gasteiger partial charge < -0.3 is 0 Å². The first-order valence-corrected chi connectivity index (χ1v) is 23.4. The van der Waals surface area contributed by atoms with Crippen LogP contribution >= 0.6 is 0 Å². The Morgan fingerprint density at radius 3 is 1.45 bits per heavy atom. The van der Waals surface area contributed by atoms with Crippen molar-refractivity contribution in [2.24, 2.45) is 0 Å². The van der Waals surface area contributed by atoms with Crippen molar-refractivity contribution in [3.05, 3.63) is 9.85 Å². The standard InChI is InChI=1S/C14H29OSi.3C4H9.Sn/c1-5-9-10-11-12-13-14-15-16(6-2,7-3)8-4;3*1-3-4-2;/h13H,5-12H2,1-4H3;3*1,3-4H2,2H3;. The van der Waals surface area contributed by atoms with Gasteiger partial charge in [-0.3, -0.25) is 0 Å². The van der Waals surface area contributed by atoms with Crippen molar-refractivity contribution in [2.45, 2.75) is 151 Å². The summed E-state index contributed by atoms with van der Waals surface area (Å²) in [6, 6.07) is 3.85. The number of allylic oxidation sites excluding steroid dienone is 1. The van der Waals surface area contributed by atoms with Crippen LogP contribution in [0.5, 0.6) is 0 Å². The molecule has 0 saturated carbocycles. The predicted molar refractivity (Wildman–Crippen MR) is 140 cm³/mol. The molecule has 0 aliphatic rings. The van der Waals surface area contributed by atoms with E-state index in [4.69, 9.17) is 4.43 Å². The zero-order chi connectivity index (χ0) is 22.0. The van der Waals surface area contributed by atoms with E-state index >= 15 is 0 Å². The van der Waals surface area contributed by atoms with Crippen molar-refractivity contribution in [2.75, 3.05) is 0 Å². The van der Waals surface area contributed by atoms with Crippen LogP contribution in [-0.2, 0) is 4.43 Å². The molecule has 1 nitrogen and oxygen atoms in total. The molecule has 0 aromatic heterocycles. The van der Waals surface area contributed by atoms with E-state index in [2.05, 4.69) is 54.5 Å². The molecule has 0 N–H and O–H groups in total. The third-order valence-electron chi connectivity index (χ3n) is 7.20. The molecule has 29 heavy (non-hydrogen) atoms. The van der Waals surface area contributed by atoms with Crippen LogP contribution in [0, 0.1) is 0 Å². The summed E-state index contributed by atoms with van der Waals surface area (Å²) in [5.41, 5.74) is 0. The molecule has 0 rings (SSSR count). The monoisotopic (exact) mass is 532 g/mol. The Morgan fingerprint density at radius 2 is 1.07 bits per heavy atom. The van der Waals surface area contributed by atoms with E-state index in [0.717, 1.165) is 0 Å². The van der Waals surface area contributed by atoms with Crippen LogP contribution in [0.15, 0.2) is 9.85 Å². The van der Waals surface area contributed by atoms with Gasteiger partial charge in [0.15, 0.2) is 0 Å². The molecule has 3 heteroatoms. The fourth-order valence-electron chi connectivity index (χ4n) is 4.66. The Hall–Kier alpha value is 0.556. The predicted octanol–water partition coefficient (Wildman–Crippen LogP) is 10.3. The van der Waals surface area contributed by atoms with Crippen molar-refractivity contribution in [1.82, 2.24) is 0 Å². The minimum atomic E-state index is -2.48. The minimum absolute atomic E-state index is 1.26. The average molecular weight is 532 g/mol. The Morgan fingerprint density at radius 1 is 0.621 bits per heavy atom. The summed E-state index contributed by atoms with van der Waals surface area (Å²) >= 11 is -2.48. The molecule has 0 aromatic rings. The number of unbranched alkanes of at least 4 members (excludes halogenated alkanes) is 7. The Bertz CT molecular complexity index is 373. The molecule has 0 atom stereocenters. The summed E-state index contributed by atoms with van der Waals surface area (Å²) in [5, 5.41) is 0. The van der Waals surface area contributed by atoms with E-state index in [1.54, 1.807) is 3.78 Å². The van der Waals surface area contributed by atoms with E-state index in [9.17, 15) is 0 Å². The summed E-state index contributed by atoms with van der Waals surface area (Å²) in [4.78, 5) is 0. The van der Waals surface area contributed by atoms with Crippen LogP contribution in [0.4, 0.5) is 0 Å². The number of hydrogen-bond acceptors (Lipinski definition) is 1. The third kappa shape index (κ3) is 11.1. The van der Waals surface area contributed by atoms with Gasteiger partial charge in [-0.2, -0.15) is 0 Å². The van der Waals surface area contributed by atoms with E-state index < -0.39 is 26.7 Å². The second-order valence-corrected chi connectivity index (χ2v) is 27.0. The summed E-state index contributed by atoms with van der Waals surface area (Å²) < 4.78 is 13.6. The van der Waals surface area contributed by atoms with Gasteiger partial charge in [-0.15, -0.1) is 0 Å². The molecule has 0 unspecified atom stereocenters. The maximum atomic E-state index is 7.34. The SMILES string of the molecule is CCCCCCC=[C](O[Si](CC)(CC)CC)[Sn]([CH2]CCC)([CH2]CCC)[CH2]CCC. The van der Waals surface area contributed by atoms with Crippen molar-refractivity contribution in [3.63, 3.8) is 0 Å². The second-order valence-electron chi connectivity index (χ2n) is 9.35. The Balaban J connectivity index is 5.93. The molecule has 0 aliphatic heterocycles. The van der Waals surface area contributed by atoms with Gasteiger partial charge in [0, 0.05) is 0 Å². The van der Waals surface area contributed by atoms with Crippen molar-refractivity contribution < 1.29 is 4.43 Å². The van der Waals surface area contributed by atoms with E-state index in [1.165, 1.54) is 102 Å². The molecule has 0 amide bonds.